The molecule has 0 saturated heterocycles. The molecule has 112 valence electrons. The zero-order chi connectivity index (χ0) is 15.2. The second kappa shape index (κ2) is 7.78. The number of nitrogens with one attached hydrogen (secondary N) is 1. The summed E-state index contributed by atoms with van der Waals surface area (Å²) in [4.78, 5) is 1.00. The molecule has 0 fully saturated rings. The van der Waals surface area contributed by atoms with Gasteiger partial charge < -0.3 is 5.32 Å². The zero-order valence-electron chi connectivity index (χ0n) is 11.6. The van der Waals surface area contributed by atoms with Crippen LogP contribution in [0.25, 0.3) is 0 Å². The Hall–Kier alpha value is -1.10. The summed E-state index contributed by atoms with van der Waals surface area (Å²) in [6.07, 6.45) is 0.640. The van der Waals surface area contributed by atoms with E-state index in [2.05, 4.69) is 5.32 Å². The fraction of sp³-hybridized carbons (Fsp3) is 0.250. The number of hydrogen-bond donors (Lipinski definition) is 1. The number of halogens is 3. The Morgan fingerprint density at radius 1 is 1.14 bits per heavy atom. The molecular weight excluding hydrogens is 312 g/mol. The van der Waals surface area contributed by atoms with Gasteiger partial charge in [0, 0.05) is 16.7 Å². The van der Waals surface area contributed by atoms with Gasteiger partial charge in [0.25, 0.3) is 0 Å². The molecule has 1 unspecified atom stereocenters. The Bertz CT molecular complexity index is 589. The molecule has 5 heteroatoms. The fourth-order valence-corrected chi connectivity index (χ4v) is 3.15. The first-order valence-corrected chi connectivity index (χ1v) is 7.95. The van der Waals surface area contributed by atoms with Crippen molar-refractivity contribution in [3.05, 3.63) is 64.7 Å². The smallest absolute Gasteiger partial charge is 0.142 e. The van der Waals surface area contributed by atoms with Crippen molar-refractivity contribution in [1.82, 2.24) is 5.32 Å². The average molecular weight is 328 g/mol. The Kier molecular flexibility index (Phi) is 6.03. The van der Waals surface area contributed by atoms with Crippen LogP contribution >= 0.6 is 23.4 Å². The number of hydrogen-bond acceptors (Lipinski definition) is 2. The minimum atomic E-state index is -0.393. The Morgan fingerprint density at radius 3 is 2.52 bits per heavy atom. The molecule has 21 heavy (non-hydrogen) atoms. The van der Waals surface area contributed by atoms with Crippen molar-refractivity contribution in [1.29, 1.82) is 0 Å². The van der Waals surface area contributed by atoms with Gasteiger partial charge in [0.1, 0.15) is 11.6 Å². The maximum absolute atomic E-state index is 13.4. The molecule has 1 N–H and O–H groups in total. The lowest BCUT2D eigenvalue weighted by molar-refractivity contribution is 0.603. The van der Waals surface area contributed by atoms with Crippen molar-refractivity contribution in [3.8, 4) is 0 Å². The highest BCUT2D eigenvalue weighted by atomic mass is 35.5. The average Bonchev–Trinajstić information content (AvgIpc) is 2.49. The lowest BCUT2D eigenvalue weighted by Gasteiger charge is -2.17. The van der Waals surface area contributed by atoms with Crippen molar-refractivity contribution < 1.29 is 8.78 Å². The number of likely N-dealkylation sites (N-methyl/N-ethyl adjacent to an activating group) is 1. The van der Waals surface area contributed by atoms with Gasteiger partial charge in [0.2, 0.25) is 0 Å². The summed E-state index contributed by atoms with van der Waals surface area (Å²) in [5, 5.41) is 3.39. The summed E-state index contributed by atoms with van der Waals surface area (Å²) in [6.45, 7) is 0. The Morgan fingerprint density at radius 2 is 1.86 bits per heavy atom. The Balaban J connectivity index is 1.97. The van der Waals surface area contributed by atoms with Crippen molar-refractivity contribution in [2.24, 2.45) is 0 Å². The third-order valence-electron chi connectivity index (χ3n) is 3.17. The van der Waals surface area contributed by atoms with E-state index in [4.69, 9.17) is 11.6 Å². The molecule has 0 saturated carbocycles. The zero-order valence-corrected chi connectivity index (χ0v) is 13.1. The molecule has 0 heterocycles. The Labute approximate surface area is 132 Å². The van der Waals surface area contributed by atoms with Crippen LogP contribution in [0.15, 0.2) is 47.4 Å². The molecule has 0 amide bonds. The summed E-state index contributed by atoms with van der Waals surface area (Å²) >= 11 is 7.60. The molecule has 0 spiro atoms. The number of thioether (sulfide) groups is 1. The van der Waals surface area contributed by atoms with Gasteiger partial charge in [0.15, 0.2) is 0 Å². The summed E-state index contributed by atoms with van der Waals surface area (Å²) in [5.74, 6) is 0.154. The second-order valence-electron chi connectivity index (χ2n) is 4.67. The first-order valence-electron chi connectivity index (χ1n) is 6.58. The minimum absolute atomic E-state index is 0.152. The minimum Gasteiger partial charge on any atom is -0.316 e. The van der Waals surface area contributed by atoms with Gasteiger partial charge in [0.05, 0.1) is 5.02 Å². The van der Waals surface area contributed by atoms with Gasteiger partial charge in [-0.2, -0.15) is 0 Å². The van der Waals surface area contributed by atoms with Crippen molar-refractivity contribution in [2.75, 3.05) is 12.8 Å². The van der Waals surface area contributed by atoms with E-state index >= 15 is 0 Å². The highest BCUT2D eigenvalue weighted by molar-refractivity contribution is 7.99. The van der Waals surface area contributed by atoms with Crippen LogP contribution in [0.1, 0.15) is 5.56 Å². The van der Waals surface area contributed by atoms with Crippen LogP contribution in [0.3, 0.4) is 0 Å². The largest absolute Gasteiger partial charge is 0.316 e. The number of benzene rings is 2. The van der Waals surface area contributed by atoms with Crippen LogP contribution in [0.4, 0.5) is 8.78 Å². The fourth-order valence-electron chi connectivity index (χ4n) is 1.94. The van der Waals surface area contributed by atoms with E-state index < -0.39 is 5.82 Å². The topological polar surface area (TPSA) is 12.0 Å². The molecule has 0 radical (unpaired) electrons. The molecule has 0 aliphatic carbocycles. The first kappa shape index (κ1) is 16.3. The third kappa shape index (κ3) is 4.70. The van der Waals surface area contributed by atoms with Crippen LogP contribution < -0.4 is 5.32 Å². The monoisotopic (exact) mass is 327 g/mol. The van der Waals surface area contributed by atoms with E-state index in [1.807, 2.05) is 13.1 Å². The molecule has 2 aromatic rings. The highest BCUT2D eigenvalue weighted by Crippen LogP contribution is 2.24. The van der Waals surface area contributed by atoms with Gasteiger partial charge in [-0.15, -0.1) is 11.8 Å². The summed E-state index contributed by atoms with van der Waals surface area (Å²) in [6, 6.07) is 11.4. The molecule has 2 rings (SSSR count). The predicted octanol–water partition coefficient (Wildman–Crippen LogP) is 4.54. The van der Waals surface area contributed by atoms with E-state index in [9.17, 15) is 8.78 Å². The molecule has 2 aromatic carbocycles. The maximum Gasteiger partial charge on any atom is 0.142 e. The third-order valence-corrected chi connectivity index (χ3v) is 4.77. The van der Waals surface area contributed by atoms with Gasteiger partial charge >= 0.3 is 0 Å². The van der Waals surface area contributed by atoms with Crippen molar-refractivity contribution in [3.63, 3.8) is 0 Å². The maximum atomic E-state index is 13.4. The van der Waals surface area contributed by atoms with Gasteiger partial charge in [-0.1, -0.05) is 23.7 Å². The molecule has 0 aliphatic rings. The van der Waals surface area contributed by atoms with Gasteiger partial charge in [-0.25, -0.2) is 8.78 Å². The highest BCUT2D eigenvalue weighted by Gasteiger charge is 2.12. The SMILES string of the molecule is CNC(CSc1ccc(F)cc1)Cc1cccc(F)c1Cl. The molecule has 0 aliphatic heterocycles. The second-order valence-corrected chi connectivity index (χ2v) is 6.14. The quantitative estimate of drug-likeness (QED) is 0.782. The molecule has 1 nitrogen and oxygen atoms in total. The van der Waals surface area contributed by atoms with E-state index in [1.165, 1.54) is 18.2 Å². The molecule has 1 atom stereocenters. The van der Waals surface area contributed by atoms with E-state index in [0.717, 1.165) is 16.2 Å². The van der Waals surface area contributed by atoms with Crippen LogP contribution in [0.5, 0.6) is 0 Å². The van der Waals surface area contributed by atoms with E-state index in [1.54, 1.807) is 30.0 Å². The number of rotatable bonds is 6. The van der Waals surface area contributed by atoms with Gasteiger partial charge in [-0.05, 0) is 49.4 Å². The molecule has 0 bridgehead atoms. The van der Waals surface area contributed by atoms with Crippen LogP contribution in [-0.2, 0) is 6.42 Å². The van der Waals surface area contributed by atoms with Crippen LogP contribution in [0, 0.1) is 11.6 Å². The standard InChI is InChI=1S/C16H16ClF2NS/c1-20-13(9-11-3-2-4-15(19)16(11)17)10-21-14-7-5-12(18)6-8-14/h2-8,13,20H,9-10H2,1H3. The van der Waals surface area contributed by atoms with Gasteiger partial charge in [-0.3, -0.25) is 0 Å². The summed E-state index contributed by atoms with van der Waals surface area (Å²) in [5.41, 5.74) is 0.788. The first-order chi connectivity index (χ1) is 10.1. The normalized spacial score (nSPS) is 12.4. The lowest BCUT2D eigenvalue weighted by atomic mass is 10.1. The molecular formula is C16H16ClF2NS. The lowest BCUT2D eigenvalue weighted by Crippen LogP contribution is -2.30. The van der Waals surface area contributed by atoms with Crippen LogP contribution in [-0.4, -0.2) is 18.8 Å². The van der Waals surface area contributed by atoms with Crippen molar-refractivity contribution >= 4 is 23.4 Å². The van der Waals surface area contributed by atoms with Crippen molar-refractivity contribution in [2.45, 2.75) is 17.4 Å². The van der Waals surface area contributed by atoms with E-state index in [-0.39, 0.29) is 16.9 Å². The van der Waals surface area contributed by atoms with Crippen LogP contribution in [0.2, 0.25) is 5.02 Å². The predicted molar refractivity (Wildman–Crippen MR) is 85.1 cm³/mol. The molecule has 0 aromatic heterocycles. The van der Waals surface area contributed by atoms with E-state index in [0.29, 0.717) is 6.42 Å². The summed E-state index contributed by atoms with van der Waals surface area (Å²) in [7, 11) is 1.86. The summed E-state index contributed by atoms with van der Waals surface area (Å²) < 4.78 is 26.3.